The third-order valence-corrected chi connectivity index (χ3v) is 6.05. The van der Waals surface area contributed by atoms with Crippen LogP contribution in [-0.4, -0.2) is 35.5 Å². The van der Waals surface area contributed by atoms with Crippen LogP contribution in [0.25, 0.3) is 11.3 Å². The molecule has 1 aromatic carbocycles. The zero-order valence-corrected chi connectivity index (χ0v) is 17.7. The number of nitrogens with one attached hydrogen (secondary N) is 1. The molecule has 1 atom stereocenters. The van der Waals surface area contributed by atoms with Crippen LogP contribution in [0.2, 0.25) is 0 Å². The molecule has 6 nitrogen and oxygen atoms in total. The fraction of sp³-hybridized carbons (Fsp3) is 0.360. The molecule has 2 fully saturated rings. The van der Waals surface area contributed by atoms with Gasteiger partial charge in [-0.05, 0) is 24.6 Å². The maximum absolute atomic E-state index is 6.45. The van der Waals surface area contributed by atoms with E-state index in [0.717, 1.165) is 59.6 Å². The standard InChI is InChI=1S/C25H27N3O3/c1-18-21(22-17-30-25(31-22)9-12-26-13-10-25)15-28-23(20-8-5-11-27-14-20)24(18)29-16-19-6-3-2-4-7-19/h2-8,11,14-15,22,26H,9-10,12-13,16-17H2,1H3. The van der Waals surface area contributed by atoms with Crippen molar-refractivity contribution in [2.24, 2.45) is 0 Å². The zero-order valence-electron chi connectivity index (χ0n) is 17.7. The van der Waals surface area contributed by atoms with E-state index in [1.54, 1.807) is 6.20 Å². The summed E-state index contributed by atoms with van der Waals surface area (Å²) >= 11 is 0. The Kier molecular flexibility index (Phi) is 5.68. The predicted octanol–water partition coefficient (Wildman–Crippen LogP) is 4.20. The fourth-order valence-corrected chi connectivity index (χ4v) is 4.32. The lowest BCUT2D eigenvalue weighted by Gasteiger charge is -2.32. The minimum atomic E-state index is -0.477. The van der Waals surface area contributed by atoms with Gasteiger partial charge in [0.05, 0.1) is 6.61 Å². The first-order valence-electron chi connectivity index (χ1n) is 10.8. The predicted molar refractivity (Wildman–Crippen MR) is 118 cm³/mol. The molecule has 0 saturated carbocycles. The molecule has 1 unspecified atom stereocenters. The highest BCUT2D eigenvalue weighted by Crippen LogP contribution is 2.42. The van der Waals surface area contributed by atoms with E-state index in [1.165, 1.54) is 0 Å². The van der Waals surface area contributed by atoms with Crippen molar-refractivity contribution >= 4 is 0 Å². The minimum Gasteiger partial charge on any atom is -0.486 e. The van der Waals surface area contributed by atoms with Gasteiger partial charge in [0.1, 0.15) is 24.2 Å². The molecule has 31 heavy (non-hydrogen) atoms. The number of pyridine rings is 2. The van der Waals surface area contributed by atoms with Crippen LogP contribution in [0, 0.1) is 6.92 Å². The molecule has 5 rings (SSSR count). The SMILES string of the molecule is Cc1c(C2COC3(CCNCC3)O2)cnc(-c2cccnc2)c1OCc1ccccc1. The summed E-state index contributed by atoms with van der Waals surface area (Å²) in [6.07, 6.45) is 7.06. The summed E-state index contributed by atoms with van der Waals surface area (Å²) in [6, 6.07) is 14.1. The Morgan fingerprint density at radius 1 is 1.10 bits per heavy atom. The van der Waals surface area contributed by atoms with E-state index >= 15 is 0 Å². The Bertz CT molecular complexity index is 1020. The maximum atomic E-state index is 6.45. The summed E-state index contributed by atoms with van der Waals surface area (Å²) in [5.74, 6) is 0.291. The van der Waals surface area contributed by atoms with Crippen molar-refractivity contribution in [2.45, 2.75) is 38.3 Å². The summed E-state index contributed by atoms with van der Waals surface area (Å²) in [5.41, 5.74) is 4.88. The van der Waals surface area contributed by atoms with Crippen molar-refractivity contribution in [3.63, 3.8) is 0 Å². The number of hydrogen-bond donors (Lipinski definition) is 1. The van der Waals surface area contributed by atoms with Gasteiger partial charge in [-0.3, -0.25) is 9.97 Å². The molecule has 2 saturated heterocycles. The number of aromatic nitrogens is 2. The van der Waals surface area contributed by atoms with Gasteiger partial charge in [0.15, 0.2) is 5.79 Å². The Hall–Kier alpha value is -2.80. The van der Waals surface area contributed by atoms with Gasteiger partial charge >= 0.3 is 0 Å². The number of nitrogens with zero attached hydrogens (tertiary/aromatic N) is 2. The highest BCUT2D eigenvalue weighted by atomic mass is 16.7. The molecule has 0 amide bonds. The van der Waals surface area contributed by atoms with Gasteiger partial charge in [-0.1, -0.05) is 30.3 Å². The summed E-state index contributed by atoms with van der Waals surface area (Å²) in [6.45, 7) is 4.91. The van der Waals surface area contributed by atoms with Crippen molar-refractivity contribution in [3.8, 4) is 17.0 Å². The van der Waals surface area contributed by atoms with Crippen LogP contribution in [-0.2, 0) is 16.1 Å². The van der Waals surface area contributed by atoms with Crippen molar-refractivity contribution in [2.75, 3.05) is 19.7 Å². The molecule has 2 aliphatic heterocycles. The van der Waals surface area contributed by atoms with Crippen molar-refractivity contribution in [1.29, 1.82) is 0 Å². The average molecular weight is 418 g/mol. The van der Waals surface area contributed by atoms with Gasteiger partial charge in [0.25, 0.3) is 0 Å². The second kappa shape index (κ2) is 8.75. The molecule has 2 aliphatic rings. The summed E-state index contributed by atoms with van der Waals surface area (Å²) in [5, 5.41) is 3.37. The zero-order chi connectivity index (χ0) is 21.1. The van der Waals surface area contributed by atoms with E-state index in [1.807, 2.05) is 42.7 Å². The first kappa shape index (κ1) is 20.1. The lowest BCUT2D eigenvalue weighted by molar-refractivity contribution is -0.183. The molecule has 4 heterocycles. The molecule has 0 bridgehead atoms. The van der Waals surface area contributed by atoms with Crippen molar-refractivity contribution < 1.29 is 14.2 Å². The maximum Gasteiger partial charge on any atom is 0.171 e. The van der Waals surface area contributed by atoms with E-state index in [2.05, 4.69) is 29.4 Å². The highest BCUT2D eigenvalue weighted by Gasteiger charge is 2.43. The van der Waals surface area contributed by atoms with Gasteiger partial charge in [-0.2, -0.15) is 0 Å². The fourth-order valence-electron chi connectivity index (χ4n) is 4.32. The molecule has 6 heteroatoms. The van der Waals surface area contributed by atoms with Crippen molar-refractivity contribution in [3.05, 3.63) is 77.7 Å². The molecule has 0 aliphatic carbocycles. The number of hydrogen-bond acceptors (Lipinski definition) is 6. The summed E-state index contributed by atoms with van der Waals surface area (Å²) in [4.78, 5) is 9.05. The Labute approximate surface area is 182 Å². The monoisotopic (exact) mass is 417 g/mol. The van der Waals surface area contributed by atoms with E-state index in [9.17, 15) is 0 Å². The summed E-state index contributed by atoms with van der Waals surface area (Å²) in [7, 11) is 0. The normalized spacial score (nSPS) is 20.1. The molecule has 1 spiro atoms. The highest BCUT2D eigenvalue weighted by molar-refractivity contribution is 5.68. The Balaban J connectivity index is 1.47. The third-order valence-electron chi connectivity index (χ3n) is 6.05. The van der Waals surface area contributed by atoms with Gasteiger partial charge in [0.2, 0.25) is 0 Å². The van der Waals surface area contributed by atoms with Gasteiger partial charge in [0, 0.05) is 61.2 Å². The Morgan fingerprint density at radius 2 is 1.94 bits per heavy atom. The topological polar surface area (TPSA) is 65.5 Å². The number of rotatable bonds is 5. The van der Waals surface area contributed by atoms with Crippen molar-refractivity contribution in [1.82, 2.24) is 15.3 Å². The van der Waals surface area contributed by atoms with Crippen LogP contribution in [0.3, 0.4) is 0 Å². The second-order valence-corrected chi connectivity index (χ2v) is 8.11. The van der Waals surface area contributed by atoms with Crippen LogP contribution in [0.1, 0.15) is 35.6 Å². The van der Waals surface area contributed by atoms with Crippen LogP contribution in [0.4, 0.5) is 0 Å². The average Bonchev–Trinajstić information content (AvgIpc) is 3.22. The van der Waals surface area contributed by atoms with Gasteiger partial charge in [-0.15, -0.1) is 0 Å². The first-order valence-corrected chi connectivity index (χ1v) is 10.8. The molecule has 160 valence electrons. The lowest BCUT2D eigenvalue weighted by atomic mass is 10.0. The molecular formula is C25H27N3O3. The first-order chi connectivity index (χ1) is 15.2. The molecule has 0 radical (unpaired) electrons. The van der Waals surface area contributed by atoms with E-state index < -0.39 is 5.79 Å². The van der Waals surface area contributed by atoms with Crippen LogP contribution < -0.4 is 10.1 Å². The third kappa shape index (κ3) is 4.19. The van der Waals surface area contributed by atoms with E-state index in [4.69, 9.17) is 19.2 Å². The van der Waals surface area contributed by atoms with Gasteiger partial charge < -0.3 is 19.5 Å². The molecule has 2 aromatic heterocycles. The Morgan fingerprint density at radius 3 is 2.71 bits per heavy atom. The van der Waals surface area contributed by atoms with E-state index in [0.29, 0.717) is 13.2 Å². The molecule has 3 aromatic rings. The number of piperidine rings is 1. The largest absolute Gasteiger partial charge is 0.486 e. The summed E-state index contributed by atoms with van der Waals surface area (Å²) < 4.78 is 18.9. The number of benzene rings is 1. The van der Waals surface area contributed by atoms with Gasteiger partial charge in [-0.25, -0.2) is 0 Å². The van der Waals surface area contributed by atoms with Crippen LogP contribution >= 0.6 is 0 Å². The van der Waals surface area contributed by atoms with E-state index in [-0.39, 0.29) is 6.10 Å². The molecular weight excluding hydrogens is 390 g/mol. The minimum absolute atomic E-state index is 0.146. The van der Waals surface area contributed by atoms with Crippen LogP contribution in [0.15, 0.2) is 61.1 Å². The number of ether oxygens (including phenoxy) is 3. The quantitative estimate of drug-likeness (QED) is 0.671. The lowest BCUT2D eigenvalue weighted by Crippen LogP contribution is -2.42. The smallest absolute Gasteiger partial charge is 0.171 e. The second-order valence-electron chi connectivity index (χ2n) is 8.11. The van der Waals surface area contributed by atoms with Crippen LogP contribution in [0.5, 0.6) is 5.75 Å². The molecule has 1 N–H and O–H groups in total.